The van der Waals surface area contributed by atoms with Gasteiger partial charge in [-0.3, -0.25) is 4.79 Å². The van der Waals surface area contributed by atoms with Crippen LogP contribution in [0.5, 0.6) is 0 Å². The molecule has 0 spiro atoms. The minimum absolute atomic E-state index is 0.275. The molecule has 0 saturated carbocycles. The average molecular weight is 268 g/mol. The maximum Gasteiger partial charge on any atom is 0.497 e. The van der Waals surface area contributed by atoms with E-state index < -0.39 is 18.3 Å². The van der Waals surface area contributed by atoms with E-state index in [4.69, 9.17) is 20.9 Å². The topological polar surface area (TPSA) is 48.4 Å². The van der Waals surface area contributed by atoms with Crippen LogP contribution in [-0.4, -0.2) is 29.6 Å². The number of pyridine rings is 1. The standard InChI is InChI=1S/C12H15BClNO3/c1-11(2)12(3,4)18-13(17-11)9-6-15-10(14)5-8(9)7-16/h5-7H,1-4H3. The first kappa shape index (κ1) is 13.5. The van der Waals surface area contributed by atoms with E-state index >= 15 is 0 Å². The van der Waals surface area contributed by atoms with Gasteiger partial charge < -0.3 is 9.31 Å². The second kappa shape index (κ2) is 4.33. The maximum atomic E-state index is 11.1. The first-order valence-electron chi connectivity index (χ1n) is 5.73. The van der Waals surface area contributed by atoms with Crippen molar-refractivity contribution in [2.24, 2.45) is 0 Å². The van der Waals surface area contributed by atoms with Gasteiger partial charge >= 0.3 is 7.12 Å². The van der Waals surface area contributed by atoms with Gasteiger partial charge in [0.2, 0.25) is 0 Å². The summed E-state index contributed by atoms with van der Waals surface area (Å²) in [5.74, 6) is 0. The zero-order chi connectivity index (χ0) is 13.6. The molecule has 0 atom stereocenters. The van der Waals surface area contributed by atoms with Crippen LogP contribution < -0.4 is 5.46 Å². The third-order valence-electron chi connectivity index (χ3n) is 3.57. The van der Waals surface area contributed by atoms with E-state index in [1.54, 1.807) is 0 Å². The number of carbonyl (C=O) groups excluding carboxylic acids is 1. The molecule has 1 aliphatic heterocycles. The van der Waals surface area contributed by atoms with Gasteiger partial charge in [-0.2, -0.15) is 0 Å². The SMILES string of the molecule is CC1(C)OB(c2cnc(Cl)cc2C=O)OC1(C)C. The normalized spacial score (nSPS) is 21.1. The number of carbonyl (C=O) groups is 1. The number of aldehydes is 1. The zero-order valence-corrected chi connectivity index (χ0v) is 11.6. The summed E-state index contributed by atoms with van der Waals surface area (Å²) >= 11 is 5.76. The summed E-state index contributed by atoms with van der Waals surface area (Å²) in [4.78, 5) is 15.0. The largest absolute Gasteiger partial charge is 0.497 e. The minimum Gasteiger partial charge on any atom is -0.399 e. The molecule has 1 saturated heterocycles. The summed E-state index contributed by atoms with van der Waals surface area (Å²) in [6, 6.07) is 1.51. The van der Waals surface area contributed by atoms with Crippen molar-refractivity contribution < 1.29 is 14.1 Å². The fourth-order valence-electron chi connectivity index (χ4n) is 1.72. The van der Waals surface area contributed by atoms with Crippen LogP contribution in [0.4, 0.5) is 0 Å². The second-order valence-corrected chi connectivity index (χ2v) is 5.73. The quantitative estimate of drug-likeness (QED) is 0.466. The first-order valence-corrected chi connectivity index (χ1v) is 6.11. The monoisotopic (exact) mass is 267 g/mol. The van der Waals surface area contributed by atoms with Crippen molar-refractivity contribution >= 4 is 30.5 Å². The van der Waals surface area contributed by atoms with E-state index in [9.17, 15) is 4.79 Å². The molecule has 18 heavy (non-hydrogen) atoms. The summed E-state index contributed by atoms with van der Waals surface area (Å²) in [5, 5.41) is 0.275. The fraction of sp³-hybridized carbons (Fsp3) is 0.500. The number of hydrogen-bond donors (Lipinski definition) is 0. The lowest BCUT2D eigenvalue weighted by atomic mass is 9.77. The third kappa shape index (κ3) is 2.18. The fourth-order valence-corrected chi connectivity index (χ4v) is 1.89. The molecular weight excluding hydrogens is 252 g/mol. The molecule has 0 bridgehead atoms. The Kier molecular flexibility index (Phi) is 3.26. The molecule has 1 aromatic rings. The molecule has 0 radical (unpaired) electrons. The first-order chi connectivity index (χ1) is 8.27. The van der Waals surface area contributed by atoms with Crippen LogP contribution >= 0.6 is 11.6 Å². The summed E-state index contributed by atoms with van der Waals surface area (Å²) in [6.45, 7) is 7.82. The number of rotatable bonds is 2. The van der Waals surface area contributed by atoms with Gasteiger partial charge in [0, 0.05) is 17.2 Å². The highest BCUT2D eigenvalue weighted by Crippen LogP contribution is 2.36. The molecule has 1 fully saturated rings. The highest BCUT2D eigenvalue weighted by molar-refractivity contribution is 6.63. The molecule has 4 nitrogen and oxygen atoms in total. The van der Waals surface area contributed by atoms with E-state index in [1.165, 1.54) is 12.3 Å². The van der Waals surface area contributed by atoms with E-state index in [0.717, 1.165) is 6.29 Å². The number of hydrogen-bond acceptors (Lipinski definition) is 4. The van der Waals surface area contributed by atoms with Crippen molar-refractivity contribution in [2.75, 3.05) is 0 Å². The van der Waals surface area contributed by atoms with Crippen molar-refractivity contribution in [1.82, 2.24) is 4.98 Å². The summed E-state index contributed by atoms with van der Waals surface area (Å²) < 4.78 is 11.7. The summed E-state index contributed by atoms with van der Waals surface area (Å²) in [6.07, 6.45) is 2.25. The lowest BCUT2D eigenvalue weighted by Gasteiger charge is -2.32. The Hall–Kier alpha value is -0.905. The molecule has 0 unspecified atom stereocenters. The Morgan fingerprint density at radius 3 is 2.33 bits per heavy atom. The molecule has 0 aliphatic carbocycles. The van der Waals surface area contributed by atoms with Gasteiger partial charge in [-0.1, -0.05) is 11.6 Å². The lowest BCUT2D eigenvalue weighted by molar-refractivity contribution is 0.00578. The number of aromatic nitrogens is 1. The summed E-state index contributed by atoms with van der Waals surface area (Å²) in [7, 11) is -0.597. The van der Waals surface area contributed by atoms with Crippen molar-refractivity contribution in [3.8, 4) is 0 Å². The van der Waals surface area contributed by atoms with Crippen molar-refractivity contribution in [3.05, 3.63) is 23.0 Å². The molecule has 2 heterocycles. The van der Waals surface area contributed by atoms with Gasteiger partial charge in [0.1, 0.15) is 11.4 Å². The highest BCUT2D eigenvalue weighted by atomic mass is 35.5. The molecule has 1 aromatic heterocycles. The van der Waals surface area contributed by atoms with E-state index in [2.05, 4.69) is 4.98 Å². The summed E-state index contributed by atoms with van der Waals surface area (Å²) in [5.41, 5.74) is 0.149. The van der Waals surface area contributed by atoms with Gasteiger partial charge in [0.05, 0.1) is 11.2 Å². The van der Waals surface area contributed by atoms with Gasteiger partial charge in [0.15, 0.2) is 0 Å². The van der Waals surface area contributed by atoms with Crippen LogP contribution in [0.1, 0.15) is 38.1 Å². The Morgan fingerprint density at radius 2 is 1.83 bits per heavy atom. The van der Waals surface area contributed by atoms with Crippen LogP contribution in [0, 0.1) is 0 Å². The van der Waals surface area contributed by atoms with E-state index in [0.29, 0.717) is 11.0 Å². The highest BCUT2D eigenvalue weighted by Gasteiger charge is 2.52. The van der Waals surface area contributed by atoms with Crippen molar-refractivity contribution in [1.29, 1.82) is 0 Å². The van der Waals surface area contributed by atoms with E-state index in [-0.39, 0.29) is 5.15 Å². The average Bonchev–Trinajstić information content (AvgIpc) is 2.47. The van der Waals surface area contributed by atoms with Gasteiger partial charge in [-0.25, -0.2) is 4.98 Å². The smallest absolute Gasteiger partial charge is 0.399 e. The second-order valence-electron chi connectivity index (χ2n) is 5.34. The predicted molar refractivity (Wildman–Crippen MR) is 70.4 cm³/mol. The van der Waals surface area contributed by atoms with Crippen molar-refractivity contribution in [2.45, 2.75) is 38.9 Å². The predicted octanol–water partition coefficient (Wildman–Crippen LogP) is 1.85. The van der Waals surface area contributed by atoms with Crippen LogP contribution in [0.2, 0.25) is 5.15 Å². The van der Waals surface area contributed by atoms with Crippen molar-refractivity contribution in [3.63, 3.8) is 0 Å². The van der Waals surface area contributed by atoms with Gasteiger partial charge in [-0.05, 0) is 33.8 Å². The molecule has 1 aliphatic rings. The molecule has 0 amide bonds. The molecule has 6 heteroatoms. The minimum atomic E-state index is -0.597. The Labute approximate surface area is 112 Å². The zero-order valence-electron chi connectivity index (χ0n) is 10.9. The van der Waals surface area contributed by atoms with E-state index in [1.807, 2.05) is 27.7 Å². The van der Waals surface area contributed by atoms with Crippen LogP contribution in [0.25, 0.3) is 0 Å². The number of halogens is 1. The van der Waals surface area contributed by atoms with Crippen LogP contribution in [0.15, 0.2) is 12.3 Å². The molecular formula is C12H15BClNO3. The third-order valence-corrected chi connectivity index (χ3v) is 3.78. The molecule has 0 aromatic carbocycles. The molecule has 0 N–H and O–H groups in total. The lowest BCUT2D eigenvalue weighted by Crippen LogP contribution is -2.41. The Morgan fingerprint density at radius 1 is 1.28 bits per heavy atom. The molecule has 96 valence electrons. The van der Waals surface area contributed by atoms with Gasteiger partial charge in [0.25, 0.3) is 0 Å². The Balaban J connectivity index is 2.38. The Bertz CT molecular complexity index is 474. The number of nitrogens with zero attached hydrogens (tertiary/aromatic N) is 1. The van der Waals surface area contributed by atoms with Crippen LogP contribution in [-0.2, 0) is 9.31 Å². The van der Waals surface area contributed by atoms with Crippen LogP contribution in [0.3, 0.4) is 0 Å². The van der Waals surface area contributed by atoms with Gasteiger partial charge in [-0.15, -0.1) is 0 Å². The maximum absolute atomic E-state index is 11.1. The molecule has 2 rings (SSSR count).